The van der Waals surface area contributed by atoms with Gasteiger partial charge in [-0.25, -0.2) is 0 Å². The van der Waals surface area contributed by atoms with Crippen molar-refractivity contribution in [2.24, 2.45) is 10.2 Å². The van der Waals surface area contributed by atoms with Gasteiger partial charge in [0.1, 0.15) is 16.7 Å². The van der Waals surface area contributed by atoms with E-state index in [1.165, 1.54) is 55.9 Å². The minimum atomic E-state index is 0.619. The van der Waals surface area contributed by atoms with Gasteiger partial charge < -0.3 is 9.80 Å². The van der Waals surface area contributed by atoms with Gasteiger partial charge in [-0.05, 0) is 48.9 Å². The Bertz CT molecular complexity index is 1060. The zero-order valence-corrected chi connectivity index (χ0v) is 18.4. The lowest BCUT2D eigenvalue weighted by molar-refractivity contribution is -0.939. The van der Waals surface area contributed by atoms with Crippen molar-refractivity contribution in [2.75, 3.05) is 58.9 Å². The number of aromatic nitrogens is 3. The minimum absolute atomic E-state index is 0.619. The summed E-state index contributed by atoms with van der Waals surface area (Å²) in [5, 5.41) is 23.5. The number of aromatic amines is 1. The Kier molecular flexibility index (Phi) is 5.95. The third kappa shape index (κ3) is 4.77. The van der Waals surface area contributed by atoms with Crippen molar-refractivity contribution in [1.29, 1.82) is 0 Å². The highest BCUT2D eigenvalue weighted by Crippen LogP contribution is 2.28. The number of azo groups is 1. The van der Waals surface area contributed by atoms with E-state index < -0.39 is 0 Å². The van der Waals surface area contributed by atoms with Gasteiger partial charge in [0.05, 0.1) is 36.9 Å². The number of H-pyrrole nitrogens is 1. The highest BCUT2D eigenvalue weighted by Gasteiger charge is 2.37. The molecule has 3 saturated heterocycles. The Morgan fingerprint density at radius 1 is 0.968 bits per heavy atom. The van der Waals surface area contributed by atoms with Crippen LogP contribution in [0.4, 0.5) is 11.4 Å². The van der Waals surface area contributed by atoms with E-state index in [4.69, 9.17) is 11.6 Å². The predicted octanol–water partition coefficient (Wildman–Crippen LogP) is 3.30. The Balaban J connectivity index is 1.11. The highest BCUT2D eigenvalue weighted by molar-refractivity contribution is 6.33. The molecule has 4 heterocycles. The molecule has 2 N–H and O–H groups in total. The predicted molar refractivity (Wildman–Crippen MR) is 122 cm³/mol. The topological polar surface area (TPSA) is 81.6 Å². The molecule has 31 heavy (non-hydrogen) atoms. The first-order chi connectivity index (χ1) is 15.2. The summed E-state index contributed by atoms with van der Waals surface area (Å²) in [6, 6.07) is 11.6. The van der Waals surface area contributed by atoms with Crippen molar-refractivity contribution in [1.82, 2.24) is 25.6 Å². The van der Waals surface area contributed by atoms with Crippen molar-refractivity contribution >= 4 is 34.0 Å². The van der Waals surface area contributed by atoms with Crippen LogP contribution in [-0.2, 0) is 6.42 Å². The summed E-state index contributed by atoms with van der Waals surface area (Å²) in [5.74, 6) is 0. The van der Waals surface area contributed by atoms with Crippen molar-refractivity contribution in [3.63, 3.8) is 0 Å². The molecule has 0 unspecified atom stereocenters. The first-order valence-electron chi connectivity index (χ1n) is 11.0. The Labute approximate surface area is 186 Å². The molecule has 0 amide bonds. The Morgan fingerprint density at radius 2 is 1.77 bits per heavy atom. The molecule has 6 rings (SSSR count). The van der Waals surface area contributed by atoms with Crippen LogP contribution in [0.3, 0.4) is 0 Å². The van der Waals surface area contributed by atoms with Gasteiger partial charge in [0.25, 0.3) is 0 Å². The molecule has 2 bridgehead atoms. The molecular formula is C22H28ClN8+. The lowest BCUT2D eigenvalue weighted by atomic mass is 10.1. The molecule has 1 aromatic heterocycles. The molecule has 3 aromatic rings. The second-order valence-electron chi connectivity index (χ2n) is 8.56. The van der Waals surface area contributed by atoms with Crippen LogP contribution >= 0.6 is 11.6 Å². The maximum absolute atomic E-state index is 6.45. The minimum Gasteiger partial charge on any atom is -0.319 e. The SMILES string of the molecule is Clc1cc(CCNCC[N+]23CCN(CC2)CC3)ccc1N=Nc1ccc2n[nH]nc2c1. The normalized spacial score (nSPS) is 23.2. The van der Waals surface area contributed by atoms with Crippen LogP contribution in [0.25, 0.3) is 11.0 Å². The van der Waals surface area contributed by atoms with E-state index >= 15 is 0 Å². The number of nitrogens with zero attached hydrogens (tertiary/aromatic N) is 6. The monoisotopic (exact) mass is 439 g/mol. The number of piperazine rings is 3. The van der Waals surface area contributed by atoms with E-state index in [1.807, 2.05) is 30.3 Å². The fourth-order valence-corrected chi connectivity index (χ4v) is 4.77. The van der Waals surface area contributed by atoms with Crippen LogP contribution in [0.2, 0.25) is 5.02 Å². The van der Waals surface area contributed by atoms with Crippen LogP contribution in [0.1, 0.15) is 5.56 Å². The maximum atomic E-state index is 6.45. The summed E-state index contributed by atoms with van der Waals surface area (Å²) in [6.07, 6.45) is 0.952. The van der Waals surface area contributed by atoms with E-state index in [-0.39, 0.29) is 0 Å². The van der Waals surface area contributed by atoms with Crippen LogP contribution in [0.5, 0.6) is 0 Å². The lowest BCUT2D eigenvalue weighted by Gasteiger charge is -2.50. The molecule has 8 nitrogen and oxygen atoms in total. The number of nitrogens with one attached hydrogen (secondary N) is 2. The quantitative estimate of drug-likeness (QED) is 0.320. The van der Waals surface area contributed by atoms with E-state index in [2.05, 4.69) is 41.9 Å². The summed E-state index contributed by atoms with van der Waals surface area (Å²) in [6.45, 7) is 11.1. The molecule has 3 aliphatic heterocycles. The van der Waals surface area contributed by atoms with Gasteiger partial charge in [0.15, 0.2) is 0 Å². The standard InChI is InChI=1S/C22H28ClN8/c23-19-15-17(5-6-24-7-11-31-12-8-30(9-13-31)10-14-31)1-3-20(19)26-25-18-2-4-21-22(16-18)28-29-27-21/h1-4,15-16,24H,5-14H2,(H,27,28,29)/q+1. The zero-order valence-electron chi connectivity index (χ0n) is 17.6. The number of hydrogen-bond acceptors (Lipinski definition) is 6. The van der Waals surface area contributed by atoms with E-state index in [0.717, 1.165) is 30.5 Å². The second-order valence-corrected chi connectivity index (χ2v) is 8.97. The van der Waals surface area contributed by atoms with Gasteiger partial charge in [0.2, 0.25) is 0 Å². The van der Waals surface area contributed by atoms with Gasteiger partial charge in [0, 0.05) is 26.2 Å². The van der Waals surface area contributed by atoms with Gasteiger partial charge in [-0.15, -0.1) is 5.11 Å². The molecule has 0 radical (unpaired) electrons. The number of fused-ring (bicyclic) bond motifs is 4. The molecular weight excluding hydrogens is 412 g/mol. The zero-order chi connectivity index (χ0) is 21.1. The molecule has 3 fully saturated rings. The lowest BCUT2D eigenvalue weighted by Crippen LogP contribution is -2.68. The van der Waals surface area contributed by atoms with Gasteiger partial charge in [-0.2, -0.15) is 20.5 Å². The van der Waals surface area contributed by atoms with Crippen LogP contribution < -0.4 is 5.32 Å². The van der Waals surface area contributed by atoms with Crippen LogP contribution in [-0.4, -0.2) is 83.7 Å². The van der Waals surface area contributed by atoms with E-state index in [9.17, 15) is 0 Å². The average molecular weight is 440 g/mol. The first-order valence-corrected chi connectivity index (χ1v) is 11.4. The van der Waals surface area contributed by atoms with E-state index in [0.29, 0.717) is 16.4 Å². The summed E-state index contributed by atoms with van der Waals surface area (Å²) in [5.41, 5.74) is 4.15. The van der Waals surface area contributed by atoms with Crippen LogP contribution in [0.15, 0.2) is 46.6 Å². The third-order valence-corrected chi connectivity index (χ3v) is 6.91. The van der Waals surface area contributed by atoms with Crippen LogP contribution in [0, 0.1) is 0 Å². The molecule has 0 aliphatic carbocycles. The number of rotatable bonds is 8. The summed E-state index contributed by atoms with van der Waals surface area (Å²) in [7, 11) is 0. The maximum Gasteiger partial charge on any atom is 0.115 e. The van der Waals surface area contributed by atoms with Crippen molar-refractivity contribution in [3.8, 4) is 0 Å². The van der Waals surface area contributed by atoms with Crippen molar-refractivity contribution in [2.45, 2.75) is 6.42 Å². The van der Waals surface area contributed by atoms with Crippen molar-refractivity contribution in [3.05, 3.63) is 47.0 Å². The highest BCUT2D eigenvalue weighted by atomic mass is 35.5. The molecule has 0 atom stereocenters. The van der Waals surface area contributed by atoms with Gasteiger partial charge in [-0.3, -0.25) is 4.90 Å². The smallest absolute Gasteiger partial charge is 0.115 e. The molecule has 2 aromatic carbocycles. The number of halogens is 1. The first kappa shape index (κ1) is 20.5. The Morgan fingerprint density at radius 3 is 2.58 bits per heavy atom. The molecule has 3 aliphatic rings. The van der Waals surface area contributed by atoms with Gasteiger partial charge >= 0.3 is 0 Å². The van der Waals surface area contributed by atoms with E-state index in [1.54, 1.807) is 0 Å². The summed E-state index contributed by atoms with van der Waals surface area (Å²) >= 11 is 6.45. The largest absolute Gasteiger partial charge is 0.319 e. The molecule has 0 spiro atoms. The average Bonchev–Trinajstić information content (AvgIpc) is 3.27. The molecule has 0 saturated carbocycles. The third-order valence-electron chi connectivity index (χ3n) is 6.61. The molecule has 9 heteroatoms. The number of quaternary nitrogens is 1. The fraction of sp³-hybridized carbons (Fsp3) is 0.455. The van der Waals surface area contributed by atoms with Crippen molar-refractivity contribution < 1.29 is 4.48 Å². The number of benzene rings is 2. The fourth-order valence-electron chi connectivity index (χ4n) is 4.53. The number of hydrogen-bond donors (Lipinski definition) is 2. The van der Waals surface area contributed by atoms with Gasteiger partial charge in [-0.1, -0.05) is 17.7 Å². The summed E-state index contributed by atoms with van der Waals surface area (Å²) in [4.78, 5) is 2.59. The molecule has 162 valence electrons. The summed E-state index contributed by atoms with van der Waals surface area (Å²) < 4.78 is 1.30. The second kappa shape index (κ2) is 9.00. The Hall–Kier alpha value is -2.39.